The first-order valence-corrected chi connectivity index (χ1v) is 6.37. The van der Waals surface area contributed by atoms with E-state index in [1.807, 2.05) is 13.8 Å². The zero-order chi connectivity index (χ0) is 7.11. The minimum atomic E-state index is -0.778. The Morgan fingerprint density at radius 1 is 1.40 bits per heavy atom. The van der Waals surface area contributed by atoms with Crippen LogP contribution in [0.25, 0.3) is 0 Å². The van der Waals surface area contributed by atoms with Gasteiger partial charge in [0.25, 0.3) is 0 Å². The summed E-state index contributed by atoms with van der Waals surface area (Å²) in [6, 6.07) is 0. The van der Waals surface area contributed by atoms with Crippen molar-refractivity contribution in [1.82, 2.24) is 0 Å². The van der Waals surface area contributed by atoms with Crippen molar-refractivity contribution in [1.29, 1.82) is 0 Å². The van der Waals surface area contributed by atoms with Gasteiger partial charge in [0.2, 0.25) is 7.58 Å². The van der Waals surface area contributed by atoms with Crippen molar-refractivity contribution < 1.29 is 40.0 Å². The maximum atomic E-state index is 5.16. The fourth-order valence-electron chi connectivity index (χ4n) is 0.295. The summed E-state index contributed by atoms with van der Waals surface area (Å²) in [5.41, 5.74) is 0. The molecule has 0 amide bonds. The molecule has 0 aromatic carbocycles. The molecule has 10 heavy (non-hydrogen) atoms. The molecule has 0 radical (unpaired) electrons. The van der Waals surface area contributed by atoms with E-state index in [0.29, 0.717) is 13.2 Å². The maximum absolute atomic E-state index is 5.16. The van der Waals surface area contributed by atoms with Gasteiger partial charge >= 0.3 is 29.6 Å². The van der Waals surface area contributed by atoms with Gasteiger partial charge in [-0.15, -0.1) is 11.7 Å². The van der Waals surface area contributed by atoms with Gasteiger partial charge in [0.05, 0.1) is 13.2 Å². The summed E-state index contributed by atoms with van der Waals surface area (Å²) in [6.07, 6.45) is 0. The first-order chi connectivity index (χ1) is 4.35. The van der Waals surface area contributed by atoms with Crippen LogP contribution in [0, 0.1) is 0 Å². The Morgan fingerprint density at radius 2 is 1.80 bits per heavy atom. The Morgan fingerprint density at radius 3 is 2.00 bits per heavy atom. The predicted octanol–water partition coefficient (Wildman–Crippen LogP) is -0.0192. The standard InChI is InChI=1S/C4H11O2PS2.Na.H/c1-3-5-7(9-8)6-4-2;;/h8H,3-4H2,1-2H3;;/q;+1;-1. The fraction of sp³-hybridized carbons (Fsp3) is 1.00. The molecule has 0 spiro atoms. The zero-order valence-corrected chi connectivity index (χ0v) is 11.1. The normalized spacial score (nSPS) is 9.60. The van der Waals surface area contributed by atoms with Crippen LogP contribution in [0.3, 0.4) is 0 Å². The third-order valence-electron chi connectivity index (χ3n) is 0.536. The van der Waals surface area contributed by atoms with Crippen molar-refractivity contribution in [3.05, 3.63) is 0 Å². The molecule has 0 aliphatic carbocycles. The molecule has 0 atom stereocenters. The van der Waals surface area contributed by atoms with Gasteiger partial charge in [-0.3, -0.25) is 0 Å². The molecule has 0 bridgehead atoms. The molecule has 0 saturated heterocycles. The van der Waals surface area contributed by atoms with Gasteiger partial charge in [-0.1, -0.05) is 0 Å². The Bertz CT molecular complexity index is 68.1. The van der Waals surface area contributed by atoms with Crippen molar-refractivity contribution in [3.63, 3.8) is 0 Å². The SMILES string of the molecule is CCOP(OCC)SS.[H-].[Na+]. The molecule has 0 aromatic rings. The van der Waals surface area contributed by atoms with E-state index in [1.165, 1.54) is 10.4 Å². The van der Waals surface area contributed by atoms with E-state index in [1.54, 1.807) is 0 Å². The Balaban J connectivity index is -0.000000320. The van der Waals surface area contributed by atoms with Gasteiger partial charge in [0, 0.05) is 0 Å². The second-order valence-electron chi connectivity index (χ2n) is 1.14. The van der Waals surface area contributed by atoms with Crippen LogP contribution in [0.5, 0.6) is 0 Å². The average Bonchev–Trinajstić information content (AvgIpc) is 1.88. The van der Waals surface area contributed by atoms with E-state index in [0.717, 1.165) is 0 Å². The third-order valence-corrected chi connectivity index (χ3v) is 3.84. The number of hydrogen-bond donors (Lipinski definition) is 1. The van der Waals surface area contributed by atoms with Crippen LogP contribution >= 0.6 is 29.7 Å². The summed E-state index contributed by atoms with van der Waals surface area (Å²) >= 11 is 3.98. The quantitative estimate of drug-likeness (QED) is 0.298. The molecule has 0 fully saturated rings. The van der Waals surface area contributed by atoms with Crippen LogP contribution in [0.1, 0.15) is 15.3 Å². The zero-order valence-electron chi connectivity index (χ0n) is 7.53. The molecule has 0 rings (SSSR count). The van der Waals surface area contributed by atoms with E-state index in [-0.39, 0.29) is 31.0 Å². The van der Waals surface area contributed by atoms with Crippen LogP contribution in [0.2, 0.25) is 0 Å². The Labute approximate surface area is 96.1 Å². The molecule has 0 aliphatic rings. The van der Waals surface area contributed by atoms with Gasteiger partial charge < -0.3 is 10.5 Å². The molecule has 0 aromatic heterocycles. The summed E-state index contributed by atoms with van der Waals surface area (Å²) in [7, 11) is 0.556. The second kappa shape index (κ2) is 11.1. The van der Waals surface area contributed by atoms with Gasteiger partial charge in [0.1, 0.15) is 0 Å². The first kappa shape index (κ1) is 14.6. The average molecular weight is 210 g/mol. The van der Waals surface area contributed by atoms with Gasteiger partial charge in [-0.25, -0.2) is 0 Å². The van der Waals surface area contributed by atoms with Gasteiger partial charge in [-0.05, 0) is 24.3 Å². The molecule has 0 saturated carbocycles. The third kappa shape index (κ3) is 8.15. The molecular weight excluding hydrogens is 198 g/mol. The number of hydrogen-bond acceptors (Lipinski definition) is 4. The molecule has 6 heteroatoms. The molecule has 0 unspecified atom stereocenters. The summed E-state index contributed by atoms with van der Waals surface area (Å²) in [5, 5.41) is 0. The van der Waals surface area contributed by atoms with E-state index >= 15 is 0 Å². The number of thiol groups is 1. The smallest absolute Gasteiger partial charge is 1.00 e. The van der Waals surface area contributed by atoms with E-state index < -0.39 is 7.58 Å². The summed E-state index contributed by atoms with van der Waals surface area (Å²) in [6.45, 7) is 5.27. The van der Waals surface area contributed by atoms with Crippen LogP contribution in [0.15, 0.2) is 0 Å². The largest absolute Gasteiger partial charge is 1.00 e. The molecular formula is C4H12NaO2PS2. The minimum Gasteiger partial charge on any atom is -1.00 e. The van der Waals surface area contributed by atoms with Crippen molar-refractivity contribution in [2.24, 2.45) is 0 Å². The van der Waals surface area contributed by atoms with Gasteiger partial charge in [-0.2, -0.15) is 0 Å². The minimum absolute atomic E-state index is 0. The van der Waals surface area contributed by atoms with Crippen molar-refractivity contribution >= 4 is 29.7 Å². The molecule has 0 heterocycles. The first-order valence-electron chi connectivity index (χ1n) is 2.72. The Hall–Kier alpha value is 2.05. The molecule has 0 aliphatic heterocycles. The predicted molar refractivity (Wildman–Crippen MR) is 47.9 cm³/mol. The molecule has 0 N–H and O–H groups in total. The van der Waals surface area contributed by atoms with Gasteiger partial charge in [0.15, 0.2) is 0 Å². The van der Waals surface area contributed by atoms with E-state index in [9.17, 15) is 0 Å². The molecule has 58 valence electrons. The Kier molecular flexibility index (Phi) is 16.1. The van der Waals surface area contributed by atoms with Crippen LogP contribution < -0.4 is 29.6 Å². The topological polar surface area (TPSA) is 18.5 Å². The van der Waals surface area contributed by atoms with Crippen LogP contribution in [-0.4, -0.2) is 13.2 Å². The second-order valence-corrected chi connectivity index (χ2v) is 5.12. The summed E-state index contributed by atoms with van der Waals surface area (Å²) < 4.78 is 10.3. The van der Waals surface area contributed by atoms with Crippen LogP contribution in [0.4, 0.5) is 0 Å². The molecule has 2 nitrogen and oxygen atoms in total. The summed E-state index contributed by atoms with van der Waals surface area (Å²) in [4.78, 5) is 0. The van der Waals surface area contributed by atoms with Crippen molar-refractivity contribution in [2.75, 3.05) is 13.2 Å². The van der Waals surface area contributed by atoms with E-state index in [4.69, 9.17) is 9.05 Å². The van der Waals surface area contributed by atoms with E-state index in [2.05, 4.69) is 11.7 Å². The maximum Gasteiger partial charge on any atom is 1.00 e. The number of rotatable bonds is 5. The van der Waals surface area contributed by atoms with Crippen LogP contribution in [-0.2, 0) is 9.05 Å². The van der Waals surface area contributed by atoms with Crippen molar-refractivity contribution in [2.45, 2.75) is 13.8 Å². The summed E-state index contributed by atoms with van der Waals surface area (Å²) in [5.74, 6) is 0. The van der Waals surface area contributed by atoms with Crippen molar-refractivity contribution in [3.8, 4) is 0 Å². The fourth-order valence-corrected chi connectivity index (χ4v) is 2.65. The monoisotopic (exact) mass is 210 g/mol.